The van der Waals surface area contributed by atoms with Crippen molar-refractivity contribution in [3.8, 4) is 17.3 Å². The SMILES string of the molecule is CCOc1cc(C)cc(-c2ccc(C(=O)NS(=O)(=O)c3ccc[nH]c3=O)c(N3CCC(C)C3(C)C)n2)n1. The van der Waals surface area contributed by atoms with Gasteiger partial charge in [-0.25, -0.2) is 23.1 Å². The average molecular weight is 526 g/mol. The number of nitrogens with one attached hydrogen (secondary N) is 2. The number of anilines is 1. The third-order valence-electron chi connectivity index (χ3n) is 6.86. The number of aromatic amines is 1. The van der Waals surface area contributed by atoms with Crippen LogP contribution in [0.2, 0.25) is 0 Å². The Balaban J connectivity index is 1.80. The van der Waals surface area contributed by atoms with Gasteiger partial charge in [-0.05, 0) is 75.9 Å². The van der Waals surface area contributed by atoms with E-state index in [1.54, 1.807) is 12.1 Å². The van der Waals surface area contributed by atoms with E-state index in [4.69, 9.17) is 9.72 Å². The Hall–Kier alpha value is -3.73. The number of rotatable bonds is 7. The molecule has 1 saturated heterocycles. The molecule has 1 fully saturated rings. The number of H-pyrrole nitrogens is 1. The fourth-order valence-electron chi connectivity index (χ4n) is 4.42. The number of aryl methyl sites for hydroxylation is 1. The number of sulfonamides is 1. The molecule has 0 aromatic carbocycles. The van der Waals surface area contributed by atoms with Crippen molar-refractivity contribution in [3.05, 3.63) is 64.1 Å². The van der Waals surface area contributed by atoms with Crippen molar-refractivity contribution in [3.63, 3.8) is 0 Å². The van der Waals surface area contributed by atoms with Crippen LogP contribution in [0.15, 0.2) is 52.3 Å². The van der Waals surface area contributed by atoms with Crippen LogP contribution in [0.25, 0.3) is 11.4 Å². The van der Waals surface area contributed by atoms with Gasteiger partial charge in [0.1, 0.15) is 5.82 Å². The Morgan fingerprint density at radius 1 is 1.22 bits per heavy atom. The van der Waals surface area contributed by atoms with Crippen molar-refractivity contribution in [2.45, 2.75) is 51.5 Å². The average Bonchev–Trinajstić information content (AvgIpc) is 3.10. The first-order valence-corrected chi connectivity index (χ1v) is 13.6. The minimum absolute atomic E-state index is 0.0829. The quantitative estimate of drug-likeness (QED) is 0.480. The molecule has 0 spiro atoms. The van der Waals surface area contributed by atoms with Crippen LogP contribution in [-0.2, 0) is 10.0 Å². The third kappa shape index (κ3) is 5.22. The summed E-state index contributed by atoms with van der Waals surface area (Å²) >= 11 is 0. The van der Waals surface area contributed by atoms with Gasteiger partial charge < -0.3 is 14.6 Å². The lowest BCUT2D eigenvalue weighted by Gasteiger charge is -2.36. The fourth-order valence-corrected chi connectivity index (χ4v) is 5.45. The van der Waals surface area contributed by atoms with E-state index in [9.17, 15) is 18.0 Å². The summed E-state index contributed by atoms with van der Waals surface area (Å²) in [5.41, 5.74) is 0.959. The molecule has 3 aromatic heterocycles. The molecule has 0 radical (unpaired) electrons. The van der Waals surface area contributed by atoms with E-state index >= 15 is 0 Å². The molecule has 37 heavy (non-hydrogen) atoms. The zero-order chi connectivity index (χ0) is 27.0. The predicted molar refractivity (Wildman–Crippen MR) is 140 cm³/mol. The van der Waals surface area contributed by atoms with Crippen LogP contribution < -0.4 is 19.9 Å². The number of amides is 1. The molecule has 4 heterocycles. The maximum absolute atomic E-state index is 13.4. The van der Waals surface area contributed by atoms with Gasteiger partial charge in [0.2, 0.25) is 5.88 Å². The lowest BCUT2D eigenvalue weighted by molar-refractivity contribution is 0.0981. The summed E-state index contributed by atoms with van der Waals surface area (Å²) in [7, 11) is -4.42. The van der Waals surface area contributed by atoms with Crippen molar-refractivity contribution >= 4 is 21.7 Å². The van der Waals surface area contributed by atoms with Gasteiger partial charge in [-0.3, -0.25) is 9.59 Å². The highest BCUT2D eigenvalue weighted by molar-refractivity contribution is 7.90. The molecule has 3 aromatic rings. The molecule has 1 aliphatic rings. The van der Waals surface area contributed by atoms with Crippen molar-refractivity contribution in [1.29, 1.82) is 0 Å². The molecule has 2 N–H and O–H groups in total. The number of pyridine rings is 3. The number of nitrogens with zero attached hydrogens (tertiary/aromatic N) is 3. The summed E-state index contributed by atoms with van der Waals surface area (Å²) in [6, 6.07) is 9.39. The molecule has 196 valence electrons. The van der Waals surface area contributed by atoms with E-state index in [1.165, 1.54) is 12.3 Å². The zero-order valence-corrected chi connectivity index (χ0v) is 22.3. The van der Waals surface area contributed by atoms with Gasteiger partial charge in [-0.15, -0.1) is 0 Å². The van der Waals surface area contributed by atoms with Gasteiger partial charge in [-0.2, -0.15) is 0 Å². The first kappa shape index (κ1) is 26.3. The number of hydrogen-bond acceptors (Lipinski definition) is 8. The summed E-state index contributed by atoms with van der Waals surface area (Å²) in [4.78, 5) is 38.6. The van der Waals surface area contributed by atoms with Crippen molar-refractivity contribution in [1.82, 2.24) is 19.7 Å². The Morgan fingerprint density at radius 2 is 1.97 bits per heavy atom. The first-order valence-electron chi connectivity index (χ1n) is 12.1. The Bertz CT molecular complexity index is 1500. The van der Waals surface area contributed by atoms with Crippen LogP contribution in [-0.4, -0.2) is 48.0 Å². The second-order valence-electron chi connectivity index (χ2n) is 9.66. The smallest absolute Gasteiger partial charge is 0.269 e. The lowest BCUT2D eigenvalue weighted by atomic mass is 9.90. The van der Waals surface area contributed by atoms with Crippen LogP contribution in [0, 0.1) is 12.8 Å². The Labute approximate surface area is 216 Å². The third-order valence-corrected chi connectivity index (χ3v) is 8.22. The van der Waals surface area contributed by atoms with E-state index < -0.39 is 26.4 Å². The molecule has 1 amide bonds. The zero-order valence-electron chi connectivity index (χ0n) is 21.5. The molecule has 0 saturated carbocycles. The number of ether oxygens (including phenoxy) is 1. The molecule has 11 heteroatoms. The summed E-state index contributed by atoms with van der Waals surface area (Å²) in [6.45, 7) is 11.2. The first-order chi connectivity index (χ1) is 17.4. The summed E-state index contributed by atoms with van der Waals surface area (Å²) in [5, 5.41) is 0. The Kier molecular flexibility index (Phi) is 7.09. The number of hydrogen-bond donors (Lipinski definition) is 2. The van der Waals surface area contributed by atoms with Crippen LogP contribution in [0.3, 0.4) is 0 Å². The van der Waals surface area contributed by atoms with Crippen LogP contribution in [0.1, 0.15) is 50.0 Å². The van der Waals surface area contributed by atoms with Crippen LogP contribution in [0.5, 0.6) is 5.88 Å². The minimum Gasteiger partial charge on any atom is -0.478 e. The van der Waals surface area contributed by atoms with E-state index in [1.807, 2.05) is 35.6 Å². The Morgan fingerprint density at radius 3 is 2.62 bits per heavy atom. The van der Waals surface area contributed by atoms with Crippen LogP contribution >= 0.6 is 0 Å². The molecule has 0 aliphatic carbocycles. The maximum Gasteiger partial charge on any atom is 0.269 e. The largest absolute Gasteiger partial charge is 0.478 e. The molecule has 1 atom stereocenters. The lowest BCUT2D eigenvalue weighted by Crippen LogP contribution is -2.44. The topological polar surface area (TPSA) is 134 Å². The van der Waals surface area contributed by atoms with Crippen molar-refractivity contribution in [2.24, 2.45) is 5.92 Å². The standard InChI is InChI=1S/C26H31N5O5S/c1-6-36-22-15-16(2)14-20(28-22)19-10-9-18(23(29-19)31-13-11-17(3)26(31,4)5)24(32)30-37(34,35)21-8-7-12-27-25(21)33/h7-10,12,14-15,17H,6,11,13H2,1-5H3,(H,27,33)(H,30,32). The normalized spacial score (nSPS) is 17.0. The van der Waals surface area contributed by atoms with Crippen molar-refractivity contribution in [2.75, 3.05) is 18.1 Å². The predicted octanol–water partition coefficient (Wildman–Crippen LogP) is 3.28. The second kappa shape index (κ2) is 9.97. The molecule has 10 nitrogen and oxygen atoms in total. The molecule has 0 bridgehead atoms. The molecular formula is C26H31N5O5S. The highest BCUT2D eigenvalue weighted by atomic mass is 32.2. The monoisotopic (exact) mass is 525 g/mol. The molecule has 1 unspecified atom stereocenters. The van der Waals surface area contributed by atoms with E-state index in [2.05, 4.69) is 30.7 Å². The van der Waals surface area contributed by atoms with Gasteiger partial charge in [0.05, 0.1) is 23.6 Å². The summed E-state index contributed by atoms with van der Waals surface area (Å²) < 4.78 is 33.4. The molecule has 1 aliphatic heterocycles. The highest BCUT2D eigenvalue weighted by Crippen LogP contribution is 2.39. The van der Waals surface area contributed by atoms with E-state index in [-0.39, 0.29) is 11.1 Å². The van der Waals surface area contributed by atoms with E-state index in [0.717, 1.165) is 18.1 Å². The number of aromatic nitrogens is 3. The summed E-state index contributed by atoms with van der Waals surface area (Å²) in [6.07, 6.45) is 2.20. The number of carbonyl (C=O) groups is 1. The van der Waals surface area contributed by atoms with Gasteiger partial charge in [-0.1, -0.05) is 6.92 Å². The molecular weight excluding hydrogens is 494 g/mol. The number of carbonyl (C=O) groups excluding carboxylic acids is 1. The van der Waals surface area contributed by atoms with Gasteiger partial charge >= 0.3 is 0 Å². The fraction of sp³-hybridized carbons (Fsp3) is 0.385. The van der Waals surface area contributed by atoms with E-state index in [0.29, 0.717) is 42.2 Å². The minimum atomic E-state index is -4.42. The highest BCUT2D eigenvalue weighted by Gasteiger charge is 2.41. The maximum atomic E-state index is 13.4. The second-order valence-corrected chi connectivity index (χ2v) is 11.3. The summed E-state index contributed by atoms with van der Waals surface area (Å²) in [5.74, 6) is 0.252. The van der Waals surface area contributed by atoms with Crippen molar-refractivity contribution < 1.29 is 17.9 Å². The van der Waals surface area contributed by atoms with Gasteiger partial charge in [0, 0.05) is 24.3 Å². The molecule has 4 rings (SSSR count). The van der Waals surface area contributed by atoms with Crippen LogP contribution in [0.4, 0.5) is 5.82 Å². The van der Waals surface area contributed by atoms with Gasteiger partial charge in [0.25, 0.3) is 21.5 Å². The van der Waals surface area contributed by atoms with Gasteiger partial charge in [0.15, 0.2) is 4.90 Å².